The van der Waals surface area contributed by atoms with Crippen molar-refractivity contribution in [3.8, 4) is 5.75 Å². The predicted molar refractivity (Wildman–Crippen MR) is 51.7 cm³/mol. The maximum Gasteiger partial charge on any atom is 0.116 e. The Morgan fingerprint density at radius 2 is 2.15 bits per heavy atom. The quantitative estimate of drug-likeness (QED) is 0.693. The largest absolute Gasteiger partial charge is 0.508 e. The van der Waals surface area contributed by atoms with Crippen LogP contribution in [0, 0.1) is 0 Å². The summed E-state index contributed by atoms with van der Waals surface area (Å²) in [7, 11) is 0. The van der Waals surface area contributed by atoms with Crippen molar-refractivity contribution in [2.45, 2.75) is 12.5 Å². The first-order valence-corrected chi connectivity index (χ1v) is 4.38. The number of benzene rings is 1. The zero-order valence-corrected chi connectivity index (χ0v) is 7.83. The Balaban J connectivity index is 2.91. The summed E-state index contributed by atoms with van der Waals surface area (Å²) in [4.78, 5) is 0. The Morgan fingerprint density at radius 1 is 1.46 bits per heavy atom. The van der Waals surface area contributed by atoms with Gasteiger partial charge in [0.25, 0.3) is 0 Å². The highest BCUT2D eigenvalue weighted by Gasteiger charge is 2.09. The molecule has 1 atom stereocenters. The summed E-state index contributed by atoms with van der Waals surface area (Å²) in [5.74, 6) is 0.132. The molecular weight excluding hydrogens is 190 g/mol. The van der Waals surface area contributed by atoms with E-state index >= 15 is 0 Å². The Hall–Kier alpha value is -0.770. The summed E-state index contributed by atoms with van der Waals surface area (Å²) in [6.45, 7) is 0.00709. The fourth-order valence-corrected chi connectivity index (χ4v) is 1.37. The summed E-state index contributed by atoms with van der Waals surface area (Å²) < 4.78 is 0. The number of hydrogen-bond acceptors (Lipinski definition) is 3. The third-order valence-electron chi connectivity index (χ3n) is 1.82. The molecule has 0 fully saturated rings. The van der Waals surface area contributed by atoms with E-state index < -0.39 is 0 Å². The third kappa shape index (κ3) is 2.59. The lowest BCUT2D eigenvalue weighted by atomic mass is 10.0. The van der Waals surface area contributed by atoms with Gasteiger partial charge < -0.3 is 15.9 Å². The molecule has 4 N–H and O–H groups in total. The van der Waals surface area contributed by atoms with Crippen LogP contribution in [0.3, 0.4) is 0 Å². The Morgan fingerprint density at radius 3 is 2.77 bits per heavy atom. The van der Waals surface area contributed by atoms with Gasteiger partial charge in [-0.15, -0.1) is 0 Å². The lowest BCUT2D eigenvalue weighted by Gasteiger charge is -2.12. The van der Waals surface area contributed by atoms with Crippen LogP contribution in [0.2, 0.25) is 5.02 Å². The van der Waals surface area contributed by atoms with Gasteiger partial charge in [0.15, 0.2) is 0 Å². The van der Waals surface area contributed by atoms with E-state index in [0.29, 0.717) is 17.0 Å². The van der Waals surface area contributed by atoms with E-state index in [1.165, 1.54) is 12.1 Å². The minimum Gasteiger partial charge on any atom is -0.508 e. The zero-order valence-electron chi connectivity index (χ0n) is 7.07. The second-order valence-corrected chi connectivity index (χ2v) is 3.23. The van der Waals surface area contributed by atoms with Crippen LogP contribution in [0.5, 0.6) is 5.75 Å². The molecule has 1 aromatic rings. The molecule has 72 valence electrons. The van der Waals surface area contributed by atoms with Crippen molar-refractivity contribution in [2.24, 2.45) is 5.73 Å². The molecule has 0 aliphatic heterocycles. The molecule has 0 heterocycles. The monoisotopic (exact) mass is 201 g/mol. The average molecular weight is 202 g/mol. The first kappa shape index (κ1) is 10.3. The first-order chi connectivity index (χ1) is 6.15. The molecule has 4 heteroatoms. The highest BCUT2D eigenvalue weighted by Crippen LogP contribution is 2.26. The van der Waals surface area contributed by atoms with Gasteiger partial charge in [-0.25, -0.2) is 0 Å². The standard InChI is InChI=1S/C9H12ClNO2/c10-8-2-1-6(13)5-7(8)9(11)3-4-12/h1-2,5,9,12-13H,3-4,11H2. The maximum atomic E-state index is 9.18. The zero-order chi connectivity index (χ0) is 9.84. The SMILES string of the molecule is NC(CCO)c1cc(O)ccc1Cl. The molecule has 0 radical (unpaired) electrons. The summed E-state index contributed by atoms with van der Waals surface area (Å²) in [5, 5.41) is 18.4. The normalized spacial score (nSPS) is 12.8. The number of rotatable bonds is 3. The Bertz CT molecular complexity index is 291. The van der Waals surface area contributed by atoms with Crippen LogP contribution in [-0.4, -0.2) is 16.8 Å². The van der Waals surface area contributed by atoms with Gasteiger partial charge in [-0.1, -0.05) is 11.6 Å². The Labute approximate surface area is 81.8 Å². The molecule has 0 aliphatic carbocycles. The van der Waals surface area contributed by atoms with E-state index in [9.17, 15) is 5.11 Å². The molecular formula is C9H12ClNO2. The molecule has 0 spiro atoms. The summed E-state index contributed by atoms with van der Waals surface area (Å²) in [6.07, 6.45) is 0.434. The second kappa shape index (κ2) is 4.46. The van der Waals surface area contributed by atoms with Gasteiger partial charge in [0.1, 0.15) is 5.75 Å². The summed E-state index contributed by atoms with van der Waals surface area (Å²) in [5.41, 5.74) is 6.38. The van der Waals surface area contributed by atoms with Gasteiger partial charge in [-0.2, -0.15) is 0 Å². The molecule has 0 aliphatic rings. The van der Waals surface area contributed by atoms with E-state index in [4.69, 9.17) is 22.4 Å². The topological polar surface area (TPSA) is 66.5 Å². The van der Waals surface area contributed by atoms with Crippen LogP contribution in [-0.2, 0) is 0 Å². The van der Waals surface area contributed by atoms with Gasteiger partial charge in [-0.05, 0) is 30.2 Å². The molecule has 1 unspecified atom stereocenters. The van der Waals surface area contributed by atoms with Gasteiger partial charge in [0, 0.05) is 17.7 Å². The number of aromatic hydroxyl groups is 1. The molecule has 3 nitrogen and oxygen atoms in total. The van der Waals surface area contributed by atoms with Gasteiger partial charge in [0.2, 0.25) is 0 Å². The van der Waals surface area contributed by atoms with Crippen LogP contribution in [0.1, 0.15) is 18.0 Å². The smallest absolute Gasteiger partial charge is 0.116 e. The van der Waals surface area contributed by atoms with E-state index in [1.54, 1.807) is 6.07 Å². The van der Waals surface area contributed by atoms with E-state index in [-0.39, 0.29) is 18.4 Å². The van der Waals surface area contributed by atoms with E-state index in [2.05, 4.69) is 0 Å². The van der Waals surface area contributed by atoms with Crippen molar-refractivity contribution in [1.82, 2.24) is 0 Å². The molecule has 0 amide bonds. The number of aliphatic hydroxyl groups is 1. The highest BCUT2D eigenvalue weighted by molar-refractivity contribution is 6.31. The molecule has 1 rings (SSSR count). The molecule has 1 aromatic carbocycles. The molecule has 0 saturated carbocycles. The Kier molecular flexibility index (Phi) is 3.54. The van der Waals surface area contributed by atoms with Crippen LogP contribution in [0.25, 0.3) is 0 Å². The molecule has 0 aromatic heterocycles. The van der Waals surface area contributed by atoms with Crippen molar-refractivity contribution in [3.05, 3.63) is 28.8 Å². The fraction of sp³-hybridized carbons (Fsp3) is 0.333. The van der Waals surface area contributed by atoms with Crippen LogP contribution < -0.4 is 5.73 Å². The number of halogens is 1. The molecule has 13 heavy (non-hydrogen) atoms. The summed E-state index contributed by atoms with van der Waals surface area (Å²) in [6, 6.07) is 4.27. The highest BCUT2D eigenvalue weighted by atomic mass is 35.5. The van der Waals surface area contributed by atoms with Crippen molar-refractivity contribution < 1.29 is 10.2 Å². The number of hydrogen-bond donors (Lipinski definition) is 3. The van der Waals surface area contributed by atoms with Gasteiger partial charge >= 0.3 is 0 Å². The van der Waals surface area contributed by atoms with Crippen LogP contribution in [0.15, 0.2) is 18.2 Å². The molecule has 0 saturated heterocycles. The van der Waals surface area contributed by atoms with Crippen molar-refractivity contribution in [2.75, 3.05) is 6.61 Å². The first-order valence-electron chi connectivity index (χ1n) is 4.00. The van der Waals surface area contributed by atoms with E-state index in [1.807, 2.05) is 0 Å². The lowest BCUT2D eigenvalue weighted by Crippen LogP contribution is -2.12. The van der Waals surface area contributed by atoms with Gasteiger partial charge in [0.05, 0.1) is 0 Å². The van der Waals surface area contributed by atoms with Crippen molar-refractivity contribution in [3.63, 3.8) is 0 Å². The number of phenols is 1. The van der Waals surface area contributed by atoms with Crippen molar-refractivity contribution in [1.29, 1.82) is 0 Å². The predicted octanol–water partition coefficient (Wildman–Crippen LogP) is 1.43. The van der Waals surface area contributed by atoms with Crippen molar-refractivity contribution >= 4 is 11.6 Å². The number of phenolic OH excluding ortho intramolecular Hbond substituents is 1. The minimum atomic E-state index is -0.329. The minimum absolute atomic E-state index is 0.00709. The number of aliphatic hydroxyl groups excluding tert-OH is 1. The van der Waals surface area contributed by atoms with E-state index in [0.717, 1.165) is 0 Å². The van der Waals surface area contributed by atoms with Crippen LogP contribution in [0.4, 0.5) is 0 Å². The fourth-order valence-electron chi connectivity index (χ4n) is 1.11. The second-order valence-electron chi connectivity index (χ2n) is 2.82. The average Bonchev–Trinajstić information content (AvgIpc) is 2.09. The lowest BCUT2D eigenvalue weighted by molar-refractivity contribution is 0.276. The maximum absolute atomic E-state index is 9.18. The number of nitrogens with two attached hydrogens (primary N) is 1. The van der Waals surface area contributed by atoms with Gasteiger partial charge in [-0.3, -0.25) is 0 Å². The third-order valence-corrected chi connectivity index (χ3v) is 2.16. The molecule has 0 bridgehead atoms. The van der Waals surface area contributed by atoms with Crippen LogP contribution >= 0.6 is 11.6 Å². The summed E-state index contributed by atoms with van der Waals surface area (Å²) >= 11 is 5.85.